The van der Waals surface area contributed by atoms with E-state index < -0.39 is 37.6 Å². The Morgan fingerprint density at radius 2 is 1.95 bits per heavy atom. The molecule has 0 aromatic carbocycles. The zero-order valence-corrected chi connectivity index (χ0v) is 13.6. The van der Waals surface area contributed by atoms with Gasteiger partial charge in [-0.2, -0.15) is 0 Å². The Balaban J connectivity index is 2.12. The van der Waals surface area contributed by atoms with Gasteiger partial charge in [0.15, 0.2) is 9.84 Å². The molecule has 2 atom stereocenters. The Labute approximate surface area is 125 Å². The second-order valence-electron chi connectivity index (χ2n) is 7.20. The van der Waals surface area contributed by atoms with Crippen LogP contribution in [0.1, 0.15) is 40.0 Å². The number of carbonyl (C=O) groups excluding carboxylic acids is 1. The molecule has 120 valence electrons. The lowest BCUT2D eigenvalue weighted by Gasteiger charge is -2.24. The summed E-state index contributed by atoms with van der Waals surface area (Å²) in [5.41, 5.74) is -0.860. The number of carboxylic acids is 1. The van der Waals surface area contributed by atoms with E-state index in [0.29, 0.717) is 13.0 Å². The van der Waals surface area contributed by atoms with Crippen molar-refractivity contribution >= 4 is 21.7 Å². The Morgan fingerprint density at radius 3 is 2.43 bits per heavy atom. The fourth-order valence-electron chi connectivity index (χ4n) is 3.30. The van der Waals surface area contributed by atoms with Gasteiger partial charge < -0.3 is 10.0 Å². The molecule has 0 spiro atoms. The highest BCUT2D eigenvalue weighted by Gasteiger charge is 2.56. The summed E-state index contributed by atoms with van der Waals surface area (Å²) in [5.74, 6) is -1.92. The molecule has 6 nitrogen and oxygen atoms in total. The van der Waals surface area contributed by atoms with Crippen LogP contribution in [0, 0.1) is 11.3 Å². The van der Waals surface area contributed by atoms with Crippen molar-refractivity contribution in [3.8, 4) is 0 Å². The number of fused-ring (bicyclic) bond motifs is 1. The minimum Gasteiger partial charge on any atom is -0.481 e. The predicted octanol–water partition coefficient (Wildman–Crippen LogP) is 0.913. The molecule has 1 aliphatic carbocycles. The summed E-state index contributed by atoms with van der Waals surface area (Å²) in [4.78, 5) is 25.3. The minimum absolute atomic E-state index is 0.0451. The van der Waals surface area contributed by atoms with Crippen LogP contribution in [0.4, 0.5) is 0 Å². The second kappa shape index (κ2) is 4.97. The maximum absolute atomic E-state index is 12.3. The quantitative estimate of drug-likeness (QED) is 0.835. The third-order valence-electron chi connectivity index (χ3n) is 4.90. The Kier molecular flexibility index (Phi) is 3.85. The molecule has 2 rings (SSSR count). The van der Waals surface area contributed by atoms with Crippen molar-refractivity contribution in [1.82, 2.24) is 4.90 Å². The summed E-state index contributed by atoms with van der Waals surface area (Å²) in [6.45, 7) is 5.20. The van der Waals surface area contributed by atoms with Crippen LogP contribution in [0.15, 0.2) is 0 Å². The molecule has 2 fully saturated rings. The maximum atomic E-state index is 12.3. The molecule has 1 amide bonds. The number of rotatable bonds is 3. The summed E-state index contributed by atoms with van der Waals surface area (Å²) in [6, 6.07) is 0. The molecule has 0 bridgehead atoms. The number of carboxylic acid groups (broad SMARTS) is 1. The van der Waals surface area contributed by atoms with E-state index in [0.717, 1.165) is 12.8 Å². The Bertz CT molecular complexity index is 562. The van der Waals surface area contributed by atoms with Crippen molar-refractivity contribution in [3.63, 3.8) is 0 Å². The normalized spacial score (nSPS) is 29.5. The molecule has 1 N–H and O–H groups in total. The van der Waals surface area contributed by atoms with Crippen LogP contribution in [-0.2, 0) is 19.4 Å². The lowest BCUT2D eigenvalue weighted by atomic mass is 9.81. The number of likely N-dealkylation sites (tertiary alicyclic amines) is 1. The lowest BCUT2D eigenvalue weighted by Crippen LogP contribution is -2.42. The van der Waals surface area contributed by atoms with E-state index in [1.165, 1.54) is 4.90 Å². The number of hydrogen-bond donors (Lipinski definition) is 1. The van der Waals surface area contributed by atoms with Crippen molar-refractivity contribution < 1.29 is 23.1 Å². The van der Waals surface area contributed by atoms with Crippen LogP contribution in [0.3, 0.4) is 0 Å². The first-order valence-corrected chi connectivity index (χ1v) is 8.88. The smallest absolute Gasteiger partial charge is 0.311 e. The van der Waals surface area contributed by atoms with Gasteiger partial charge in [-0.1, -0.05) is 6.42 Å². The Morgan fingerprint density at radius 1 is 1.33 bits per heavy atom. The van der Waals surface area contributed by atoms with Crippen LogP contribution in [0.25, 0.3) is 0 Å². The van der Waals surface area contributed by atoms with Crippen LogP contribution < -0.4 is 0 Å². The average Bonchev–Trinajstić information content (AvgIpc) is 2.82. The van der Waals surface area contributed by atoms with E-state index >= 15 is 0 Å². The fourth-order valence-corrected chi connectivity index (χ4v) is 4.24. The Hall–Kier alpha value is -1.11. The van der Waals surface area contributed by atoms with E-state index in [9.17, 15) is 23.1 Å². The number of amides is 1. The fraction of sp³-hybridized carbons (Fsp3) is 0.857. The molecule has 2 aliphatic rings. The van der Waals surface area contributed by atoms with E-state index in [1.807, 2.05) is 0 Å². The summed E-state index contributed by atoms with van der Waals surface area (Å²) in [5, 5.41) is 9.48. The number of aliphatic carboxylic acids is 1. The topological polar surface area (TPSA) is 91.8 Å². The van der Waals surface area contributed by atoms with Gasteiger partial charge in [0.25, 0.3) is 0 Å². The van der Waals surface area contributed by atoms with E-state index in [2.05, 4.69) is 0 Å². The van der Waals surface area contributed by atoms with Gasteiger partial charge in [0, 0.05) is 13.1 Å². The highest BCUT2D eigenvalue weighted by Crippen LogP contribution is 2.48. The predicted molar refractivity (Wildman–Crippen MR) is 77.5 cm³/mol. The number of hydrogen-bond acceptors (Lipinski definition) is 4. The molecule has 1 aliphatic heterocycles. The van der Waals surface area contributed by atoms with Crippen molar-refractivity contribution in [2.24, 2.45) is 11.3 Å². The van der Waals surface area contributed by atoms with Crippen molar-refractivity contribution in [2.75, 3.05) is 18.8 Å². The first kappa shape index (κ1) is 16.3. The molecular weight excluding hydrogens is 294 g/mol. The molecule has 1 saturated carbocycles. The molecule has 1 saturated heterocycles. The third kappa shape index (κ3) is 2.67. The number of sulfone groups is 1. The molecule has 0 radical (unpaired) electrons. The molecule has 7 heteroatoms. The van der Waals surface area contributed by atoms with Gasteiger partial charge in [-0.15, -0.1) is 0 Å². The lowest BCUT2D eigenvalue weighted by molar-refractivity contribution is -0.149. The maximum Gasteiger partial charge on any atom is 0.311 e. The highest BCUT2D eigenvalue weighted by molar-refractivity contribution is 7.93. The van der Waals surface area contributed by atoms with Crippen molar-refractivity contribution in [3.05, 3.63) is 0 Å². The van der Waals surface area contributed by atoms with Gasteiger partial charge >= 0.3 is 5.97 Å². The average molecular weight is 317 g/mol. The van der Waals surface area contributed by atoms with Crippen molar-refractivity contribution in [1.29, 1.82) is 0 Å². The van der Waals surface area contributed by atoms with Crippen molar-refractivity contribution in [2.45, 2.75) is 44.8 Å². The number of carbonyl (C=O) groups is 2. The third-order valence-corrected chi connectivity index (χ3v) is 7.39. The van der Waals surface area contributed by atoms with Gasteiger partial charge in [-0.05, 0) is 39.5 Å². The SMILES string of the molecule is CC(C)(C)S(=O)(=O)CC(=O)N1C[C@@H]2CCC[C@@]2(C(=O)O)C1. The standard InChI is InChI=1S/C14H23NO5S/c1-13(2,3)21(19,20)8-11(16)15-7-10-5-4-6-14(10,9-15)12(17)18/h10H,4-9H2,1-3H3,(H,17,18)/t10-,14+/m0/s1. The zero-order valence-electron chi connectivity index (χ0n) is 12.8. The monoisotopic (exact) mass is 317 g/mol. The zero-order chi connectivity index (χ0) is 16.1. The van der Waals surface area contributed by atoms with E-state index in [-0.39, 0.29) is 12.5 Å². The van der Waals surface area contributed by atoms with Gasteiger partial charge in [0.1, 0.15) is 5.75 Å². The molecule has 1 heterocycles. The molecule has 0 unspecified atom stereocenters. The van der Waals surface area contributed by atoms with Crippen LogP contribution >= 0.6 is 0 Å². The minimum atomic E-state index is -3.54. The van der Waals surface area contributed by atoms with Crippen LogP contribution in [-0.4, -0.2) is 53.9 Å². The van der Waals surface area contributed by atoms with Crippen LogP contribution in [0.5, 0.6) is 0 Å². The van der Waals surface area contributed by atoms with E-state index in [1.54, 1.807) is 20.8 Å². The van der Waals surface area contributed by atoms with E-state index in [4.69, 9.17) is 0 Å². The first-order valence-electron chi connectivity index (χ1n) is 7.23. The second-order valence-corrected chi connectivity index (χ2v) is 9.94. The van der Waals surface area contributed by atoms with Gasteiger partial charge in [-0.3, -0.25) is 9.59 Å². The molecule has 21 heavy (non-hydrogen) atoms. The van der Waals surface area contributed by atoms with Gasteiger partial charge in [-0.25, -0.2) is 8.42 Å². The summed E-state index contributed by atoms with van der Waals surface area (Å²) < 4.78 is 23.2. The van der Waals surface area contributed by atoms with Gasteiger partial charge in [0.2, 0.25) is 5.91 Å². The molecular formula is C14H23NO5S. The van der Waals surface area contributed by atoms with Gasteiger partial charge in [0.05, 0.1) is 10.2 Å². The summed E-state index contributed by atoms with van der Waals surface area (Å²) in [7, 11) is -3.54. The first-order chi connectivity index (χ1) is 9.49. The summed E-state index contributed by atoms with van der Waals surface area (Å²) in [6.07, 6.45) is 2.23. The molecule has 0 aromatic heterocycles. The van der Waals surface area contributed by atoms with Crippen LogP contribution in [0.2, 0.25) is 0 Å². The largest absolute Gasteiger partial charge is 0.481 e. The summed E-state index contributed by atoms with van der Waals surface area (Å²) >= 11 is 0. The number of nitrogens with zero attached hydrogens (tertiary/aromatic N) is 1. The highest BCUT2D eigenvalue weighted by atomic mass is 32.2. The molecule has 0 aromatic rings.